The van der Waals surface area contributed by atoms with Crippen molar-refractivity contribution in [1.82, 2.24) is 20.4 Å². The molecule has 0 saturated carbocycles. The summed E-state index contributed by atoms with van der Waals surface area (Å²) in [4.78, 5) is 18.2. The largest absolute Gasteiger partial charge is 0.489 e. The van der Waals surface area contributed by atoms with Crippen molar-refractivity contribution < 1.29 is 14.1 Å². The molecule has 3 aromatic rings. The van der Waals surface area contributed by atoms with Crippen LogP contribution in [0.4, 0.5) is 5.69 Å². The number of amides is 1. The molecule has 0 saturated heterocycles. The highest BCUT2D eigenvalue weighted by molar-refractivity contribution is 5.77. The lowest BCUT2D eigenvalue weighted by Gasteiger charge is -2.16. The third kappa shape index (κ3) is 4.45. The summed E-state index contributed by atoms with van der Waals surface area (Å²) < 4.78 is 11.2. The van der Waals surface area contributed by atoms with E-state index < -0.39 is 0 Å². The highest BCUT2D eigenvalue weighted by Gasteiger charge is 2.27. The third-order valence-corrected chi connectivity index (χ3v) is 5.56. The van der Waals surface area contributed by atoms with Gasteiger partial charge in [0.2, 0.25) is 11.7 Å². The molecule has 0 radical (unpaired) electrons. The third-order valence-electron chi connectivity index (χ3n) is 5.56. The maximum absolute atomic E-state index is 11.9. The number of benzene rings is 2. The van der Waals surface area contributed by atoms with Crippen molar-refractivity contribution in [2.24, 2.45) is 0 Å². The van der Waals surface area contributed by atoms with E-state index in [0.29, 0.717) is 29.7 Å². The molecular weight excluding hydrogens is 406 g/mol. The van der Waals surface area contributed by atoms with Gasteiger partial charge in [0.25, 0.3) is 5.89 Å². The average molecular weight is 436 g/mol. The zero-order valence-electron chi connectivity index (χ0n) is 18.9. The van der Waals surface area contributed by atoms with Crippen molar-refractivity contribution in [2.45, 2.75) is 38.8 Å². The van der Waals surface area contributed by atoms with E-state index in [-0.39, 0.29) is 18.1 Å². The molecule has 4 rings (SSSR count). The van der Waals surface area contributed by atoms with Crippen molar-refractivity contribution in [3.63, 3.8) is 0 Å². The Labute approximate surface area is 187 Å². The van der Waals surface area contributed by atoms with Gasteiger partial charge >= 0.3 is 0 Å². The lowest BCUT2D eigenvalue weighted by molar-refractivity contribution is -0.127. The maximum atomic E-state index is 11.9. The van der Waals surface area contributed by atoms with Gasteiger partial charge in [-0.05, 0) is 56.0 Å². The molecule has 1 aliphatic rings. The number of hydrogen-bond acceptors (Lipinski definition) is 7. The first-order chi connectivity index (χ1) is 15.3. The van der Waals surface area contributed by atoms with Gasteiger partial charge in [0.05, 0.1) is 18.3 Å². The molecule has 0 spiro atoms. The second-order valence-corrected chi connectivity index (χ2v) is 8.48. The zero-order valence-corrected chi connectivity index (χ0v) is 18.9. The van der Waals surface area contributed by atoms with Gasteiger partial charge in [-0.1, -0.05) is 23.4 Å². The number of nitrogens with two attached hydrogens (primary N) is 1. The number of likely N-dealkylation sites (N-methyl/N-ethyl adjacent to an activating group) is 1. The van der Waals surface area contributed by atoms with Crippen LogP contribution >= 0.6 is 0 Å². The highest BCUT2D eigenvalue weighted by atomic mass is 16.5. The fraction of sp³-hybridized carbons (Fsp3) is 0.375. The molecule has 0 aliphatic heterocycles. The van der Waals surface area contributed by atoms with Crippen molar-refractivity contribution in [3.8, 4) is 28.6 Å². The van der Waals surface area contributed by atoms with E-state index in [1.807, 2.05) is 38.1 Å². The Morgan fingerprint density at radius 2 is 2.12 bits per heavy atom. The molecule has 2 aromatic carbocycles. The number of nitrogens with zero attached hydrogens (tertiary/aromatic N) is 3. The van der Waals surface area contributed by atoms with E-state index in [2.05, 4.69) is 21.5 Å². The number of aromatic nitrogens is 2. The monoisotopic (exact) mass is 435 g/mol. The molecule has 8 heteroatoms. The number of carbonyl (C=O) groups is 1. The van der Waals surface area contributed by atoms with Gasteiger partial charge in [-0.15, -0.1) is 0 Å². The summed E-state index contributed by atoms with van der Waals surface area (Å²) in [6.45, 7) is 4.22. The van der Waals surface area contributed by atoms with E-state index in [4.69, 9.17) is 15.0 Å². The first kappa shape index (κ1) is 21.8. The molecule has 1 heterocycles. The van der Waals surface area contributed by atoms with E-state index in [1.54, 1.807) is 25.1 Å². The van der Waals surface area contributed by atoms with E-state index in [0.717, 1.165) is 24.0 Å². The Balaban J connectivity index is 1.56. The second kappa shape index (κ2) is 9.00. The summed E-state index contributed by atoms with van der Waals surface area (Å²) >= 11 is 0. The zero-order chi connectivity index (χ0) is 22.8. The van der Waals surface area contributed by atoms with Crippen LogP contribution in [0.15, 0.2) is 40.9 Å². The standard InChI is InChI=1S/C24H29N5O3/c1-14(2)31-21-11-8-15(12-19(21)25)24-27-23(28-32-24)18-7-5-6-17-16(18)9-10-20(17)26-13-22(30)29(3)4/h5-8,11-12,14,20,26H,9-10,13,25H2,1-4H3/t20-/m0/s1. The molecule has 1 aliphatic carbocycles. The topological polar surface area (TPSA) is 107 Å². The number of carbonyl (C=O) groups excluding carboxylic acids is 1. The van der Waals surface area contributed by atoms with Crippen LogP contribution in [0.2, 0.25) is 0 Å². The smallest absolute Gasteiger partial charge is 0.258 e. The van der Waals surface area contributed by atoms with Crippen molar-refractivity contribution in [3.05, 3.63) is 47.5 Å². The number of nitrogens with one attached hydrogen (secondary N) is 1. The first-order valence-electron chi connectivity index (χ1n) is 10.8. The predicted molar refractivity (Wildman–Crippen MR) is 123 cm³/mol. The Morgan fingerprint density at radius 1 is 1.31 bits per heavy atom. The molecule has 0 unspecified atom stereocenters. The van der Waals surface area contributed by atoms with Crippen LogP contribution in [0.25, 0.3) is 22.8 Å². The van der Waals surface area contributed by atoms with Crippen LogP contribution in [0.3, 0.4) is 0 Å². The molecule has 3 N–H and O–H groups in total. The fourth-order valence-electron chi connectivity index (χ4n) is 3.94. The summed E-state index contributed by atoms with van der Waals surface area (Å²) in [6.07, 6.45) is 1.85. The van der Waals surface area contributed by atoms with Gasteiger partial charge in [-0.25, -0.2) is 0 Å². The second-order valence-electron chi connectivity index (χ2n) is 8.48. The molecule has 1 amide bonds. The molecule has 1 aromatic heterocycles. The maximum Gasteiger partial charge on any atom is 0.258 e. The van der Waals surface area contributed by atoms with Crippen LogP contribution in [0, 0.1) is 0 Å². The van der Waals surface area contributed by atoms with Crippen molar-refractivity contribution in [1.29, 1.82) is 0 Å². The normalized spacial score (nSPS) is 15.1. The molecule has 0 fully saturated rings. The van der Waals surface area contributed by atoms with Crippen LogP contribution < -0.4 is 15.8 Å². The van der Waals surface area contributed by atoms with Gasteiger partial charge in [-0.2, -0.15) is 4.98 Å². The van der Waals surface area contributed by atoms with Gasteiger partial charge < -0.3 is 25.2 Å². The number of anilines is 1. The SMILES string of the molecule is CC(C)Oc1ccc(-c2nc(-c3cccc4c3CC[C@@H]4NCC(=O)N(C)C)no2)cc1N. The summed E-state index contributed by atoms with van der Waals surface area (Å²) in [5.74, 6) is 1.64. The lowest BCUT2D eigenvalue weighted by atomic mass is 10.0. The van der Waals surface area contributed by atoms with Gasteiger partial charge in [-0.3, -0.25) is 4.79 Å². The Morgan fingerprint density at radius 3 is 2.84 bits per heavy atom. The van der Waals surface area contributed by atoms with Crippen LogP contribution in [0.1, 0.15) is 37.4 Å². The molecule has 0 bridgehead atoms. The summed E-state index contributed by atoms with van der Waals surface area (Å²) in [5.41, 5.74) is 10.7. The van der Waals surface area contributed by atoms with Crippen LogP contribution in [-0.2, 0) is 11.2 Å². The van der Waals surface area contributed by atoms with Crippen LogP contribution in [-0.4, -0.2) is 47.7 Å². The van der Waals surface area contributed by atoms with Gasteiger partial charge in [0.1, 0.15) is 5.75 Å². The quantitative estimate of drug-likeness (QED) is 0.548. The fourth-order valence-corrected chi connectivity index (χ4v) is 3.94. The highest BCUT2D eigenvalue weighted by Crippen LogP contribution is 2.37. The molecule has 8 nitrogen and oxygen atoms in total. The summed E-state index contributed by atoms with van der Waals surface area (Å²) in [7, 11) is 3.52. The van der Waals surface area contributed by atoms with Crippen LogP contribution in [0.5, 0.6) is 5.75 Å². The first-order valence-corrected chi connectivity index (χ1v) is 10.8. The van der Waals surface area contributed by atoms with E-state index in [9.17, 15) is 4.79 Å². The number of hydrogen-bond donors (Lipinski definition) is 2. The minimum Gasteiger partial charge on any atom is -0.489 e. The minimum absolute atomic E-state index is 0.0395. The average Bonchev–Trinajstić information content (AvgIpc) is 3.40. The van der Waals surface area contributed by atoms with Gasteiger partial charge in [0, 0.05) is 31.3 Å². The van der Waals surface area contributed by atoms with Crippen molar-refractivity contribution in [2.75, 3.05) is 26.4 Å². The Kier molecular flexibility index (Phi) is 6.14. The molecule has 168 valence electrons. The van der Waals surface area contributed by atoms with Crippen molar-refractivity contribution >= 4 is 11.6 Å². The predicted octanol–water partition coefficient (Wildman–Crippen LogP) is 3.44. The van der Waals surface area contributed by atoms with E-state index >= 15 is 0 Å². The number of fused-ring (bicyclic) bond motifs is 1. The minimum atomic E-state index is 0.0395. The molecule has 1 atom stereocenters. The molecular formula is C24H29N5O3. The number of rotatable bonds is 7. The number of nitrogen functional groups attached to an aromatic ring is 1. The van der Waals surface area contributed by atoms with E-state index in [1.165, 1.54) is 11.1 Å². The lowest BCUT2D eigenvalue weighted by Crippen LogP contribution is -2.34. The summed E-state index contributed by atoms with van der Waals surface area (Å²) in [5, 5.41) is 7.60. The number of ether oxygens (including phenoxy) is 1. The molecule has 32 heavy (non-hydrogen) atoms. The Bertz CT molecular complexity index is 1120. The van der Waals surface area contributed by atoms with Gasteiger partial charge in [0.15, 0.2) is 0 Å². The summed E-state index contributed by atoms with van der Waals surface area (Å²) in [6, 6.07) is 11.7. The Hall–Kier alpha value is -3.39.